The number of hydrogen-bond donors (Lipinski definition) is 2. The highest BCUT2D eigenvalue weighted by Crippen LogP contribution is 2.39. The van der Waals surface area contributed by atoms with Gasteiger partial charge in [-0.15, -0.1) is 0 Å². The van der Waals surface area contributed by atoms with Gasteiger partial charge in [-0.25, -0.2) is 0 Å². The second-order valence-electron chi connectivity index (χ2n) is 6.02. The average Bonchev–Trinajstić information content (AvgIpc) is 2.98. The Balaban J connectivity index is 1.96. The maximum absolute atomic E-state index is 12.6. The van der Waals surface area contributed by atoms with Crippen molar-refractivity contribution < 1.29 is 4.79 Å². The molecule has 0 saturated carbocycles. The van der Waals surface area contributed by atoms with E-state index in [0.29, 0.717) is 6.54 Å². The fourth-order valence-electron chi connectivity index (χ4n) is 3.50. The molecule has 0 bridgehead atoms. The van der Waals surface area contributed by atoms with Crippen LogP contribution in [0.25, 0.3) is 11.3 Å². The predicted octanol–water partition coefficient (Wildman–Crippen LogP) is 3.60. The van der Waals surface area contributed by atoms with Crippen LogP contribution in [0.2, 0.25) is 0 Å². The summed E-state index contributed by atoms with van der Waals surface area (Å²) in [5.74, 6) is -0.0119. The predicted molar refractivity (Wildman–Crippen MR) is 99.1 cm³/mol. The summed E-state index contributed by atoms with van der Waals surface area (Å²) in [4.78, 5) is 16.8. The molecule has 5 nitrogen and oxygen atoms in total. The lowest BCUT2D eigenvalue weighted by Gasteiger charge is -2.16. The third-order valence-corrected chi connectivity index (χ3v) is 4.56. The zero-order valence-electron chi connectivity index (χ0n) is 14.1. The van der Waals surface area contributed by atoms with Gasteiger partial charge in [-0.1, -0.05) is 18.2 Å². The number of para-hydroxylation sites is 1. The maximum atomic E-state index is 12.6. The summed E-state index contributed by atoms with van der Waals surface area (Å²) in [5, 5.41) is 6.46. The number of anilines is 2. The van der Waals surface area contributed by atoms with Crippen molar-refractivity contribution in [3.63, 3.8) is 0 Å². The molecule has 4 rings (SSSR count). The molecule has 0 radical (unpaired) electrons. The van der Waals surface area contributed by atoms with Crippen molar-refractivity contribution >= 4 is 17.3 Å². The standard InChI is InChI=1S/C20H20N4O/c1-2-24-16-10-13-22-20(25)17(16)18(23-15-6-4-3-5-7-15)19(24)14-8-11-21-12-9-14/h3-9,11-12,23H,2,10,13H2,1H3,(H,22,25). The molecule has 2 aromatic heterocycles. The number of rotatable bonds is 4. The van der Waals surface area contributed by atoms with Gasteiger partial charge in [-0.05, 0) is 31.2 Å². The van der Waals surface area contributed by atoms with Gasteiger partial charge in [0.2, 0.25) is 0 Å². The molecule has 3 aromatic rings. The number of nitrogens with one attached hydrogen (secondary N) is 2. The fraction of sp³-hybridized carbons (Fsp3) is 0.200. The van der Waals surface area contributed by atoms with Crippen molar-refractivity contribution in [1.82, 2.24) is 14.9 Å². The van der Waals surface area contributed by atoms with E-state index >= 15 is 0 Å². The largest absolute Gasteiger partial charge is 0.353 e. The summed E-state index contributed by atoms with van der Waals surface area (Å²) in [6, 6.07) is 13.9. The normalized spacial score (nSPS) is 13.2. The van der Waals surface area contributed by atoms with E-state index in [2.05, 4.69) is 27.1 Å². The van der Waals surface area contributed by atoms with E-state index in [9.17, 15) is 4.79 Å². The highest BCUT2D eigenvalue weighted by molar-refractivity contribution is 6.06. The van der Waals surface area contributed by atoms with E-state index < -0.39 is 0 Å². The molecule has 1 amide bonds. The van der Waals surface area contributed by atoms with Gasteiger partial charge >= 0.3 is 0 Å². The van der Waals surface area contributed by atoms with Gasteiger partial charge < -0.3 is 15.2 Å². The van der Waals surface area contributed by atoms with Crippen molar-refractivity contribution in [1.29, 1.82) is 0 Å². The average molecular weight is 332 g/mol. The Morgan fingerprint density at radius 3 is 2.64 bits per heavy atom. The Morgan fingerprint density at radius 1 is 1.16 bits per heavy atom. The van der Waals surface area contributed by atoms with Crippen LogP contribution in [0.1, 0.15) is 23.0 Å². The molecular weight excluding hydrogens is 312 g/mol. The molecule has 126 valence electrons. The lowest BCUT2D eigenvalue weighted by Crippen LogP contribution is -2.32. The van der Waals surface area contributed by atoms with Gasteiger partial charge in [-0.2, -0.15) is 0 Å². The number of fused-ring (bicyclic) bond motifs is 1. The van der Waals surface area contributed by atoms with Gasteiger partial charge in [0.25, 0.3) is 5.91 Å². The lowest BCUT2D eigenvalue weighted by atomic mass is 10.1. The second-order valence-corrected chi connectivity index (χ2v) is 6.02. The summed E-state index contributed by atoms with van der Waals surface area (Å²) in [5.41, 5.74) is 5.77. The molecule has 3 heterocycles. The minimum Gasteiger partial charge on any atom is -0.353 e. The summed E-state index contributed by atoms with van der Waals surface area (Å²) in [6.45, 7) is 3.60. The van der Waals surface area contributed by atoms with Crippen LogP contribution < -0.4 is 10.6 Å². The molecule has 0 unspecified atom stereocenters. The van der Waals surface area contributed by atoms with Gasteiger partial charge in [-0.3, -0.25) is 9.78 Å². The quantitative estimate of drug-likeness (QED) is 0.767. The first-order chi connectivity index (χ1) is 12.3. The maximum Gasteiger partial charge on any atom is 0.255 e. The van der Waals surface area contributed by atoms with E-state index in [1.165, 1.54) is 0 Å². The zero-order valence-corrected chi connectivity index (χ0v) is 14.1. The zero-order chi connectivity index (χ0) is 17.2. The van der Waals surface area contributed by atoms with Crippen LogP contribution in [0.15, 0.2) is 54.9 Å². The number of pyridine rings is 1. The number of carbonyl (C=O) groups excluding carboxylic acids is 1. The van der Waals surface area contributed by atoms with Crippen LogP contribution in [-0.2, 0) is 13.0 Å². The van der Waals surface area contributed by atoms with E-state index in [-0.39, 0.29) is 5.91 Å². The molecular formula is C20H20N4O. The minimum atomic E-state index is -0.0119. The Labute approximate surface area is 146 Å². The highest BCUT2D eigenvalue weighted by atomic mass is 16.1. The topological polar surface area (TPSA) is 59.0 Å². The molecule has 2 N–H and O–H groups in total. The summed E-state index contributed by atoms with van der Waals surface area (Å²) >= 11 is 0. The molecule has 0 spiro atoms. The fourth-order valence-corrected chi connectivity index (χ4v) is 3.50. The van der Waals surface area contributed by atoms with Crippen LogP contribution in [0.5, 0.6) is 0 Å². The van der Waals surface area contributed by atoms with Crippen molar-refractivity contribution in [2.45, 2.75) is 19.9 Å². The smallest absolute Gasteiger partial charge is 0.255 e. The lowest BCUT2D eigenvalue weighted by molar-refractivity contribution is 0.0946. The Morgan fingerprint density at radius 2 is 1.92 bits per heavy atom. The first-order valence-electron chi connectivity index (χ1n) is 8.55. The van der Waals surface area contributed by atoms with E-state index in [4.69, 9.17) is 0 Å². The molecule has 0 fully saturated rings. The second kappa shape index (κ2) is 6.43. The third-order valence-electron chi connectivity index (χ3n) is 4.56. The van der Waals surface area contributed by atoms with Crippen molar-refractivity contribution in [3.05, 3.63) is 66.1 Å². The highest BCUT2D eigenvalue weighted by Gasteiger charge is 2.30. The number of nitrogens with zero attached hydrogens (tertiary/aromatic N) is 2. The van der Waals surface area contributed by atoms with Crippen molar-refractivity contribution in [2.24, 2.45) is 0 Å². The van der Waals surface area contributed by atoms with Crippen LogP contribution in [0.4, 0.5) is 11.4 Å². The number of aromatic nitrogens is 2. The third kappa shape index (κ3) is 2.67. The summed E-state index contributed by atoms with van der Waals surface area (Å²) in [7, 11) is 0. The molecule has 1 aliphatic rings. The molecule has 5 heteroatoms. The molecule has 25 heavy (non-hydrogen) atoms. The Bertz CT molecular complexity index is 900. The van der Waals surface area contributed by atoms with Gasteiger partial charge in [0, 0.05) is 48.8 Å². The van der Waals surface area contributed by atoms with E-state index in [0.717, 1.165) is 46.9 Å². The first-order valence-corrected chi connectivity index (χ1v) is 8.55. The first kappa shape index (κ1) is 15.4. The minimum absolute atomic E-state index is 0.0119. The van der Waals surface area contributed by atoms with Crippen LogP contribution >= 0.6 is 0 Å². The van der Waals surface area contributed by atoms with E-state index in [1.807, 2.05) is 42.5 Å². The van der Waals surface area contributed by atoms with Crippen molar-refractivity contribution in [3.8, 4) is 11.3 Å². The van der Waals surface area contributed by atoms with Crippen LogP contribution in [0, 0.1) is 0 Å². The SMILES string of the molecule is CCn1c2c(c(Nc3ccccc3)c1-c1ccncc1)C(=O)NCC2. The van der Waals surface area contributed by atoms with Gasteiger partial charge in [0.1, 0.15) is 0 Å². The number of benzene rings is 1. The van der Waals surface area contributed by atoms with Gasteiger partial charge in [0.05, 0.1) is 16.9 Å². The number of amides is 1. The number of carbonyl (C=O) groups is 1. The Kier molecular flexibility index (Phi) is 3.98. The number of hydrogen-bond acceptors (Lipinski definition) is 3. The monoisotopic (exact) mass is 332 g/mol. The van der Waals surface area contributed by atoms with Crippen LogP contribution in [-0.4, -0.2) is 22.0 Å². The molecule has 1 aliphatic heterocycles. The van der Waals surface area contributed by atoms with Crippen LogP contribution in [0.3, 0.4) is 0 Å². The molecule has 0 aliphatic carbocycles. The Hall–Kier alpha value is -3.08. The van der Waals surface area contributed by atoms with Gasteiger partial charge in [0.15, 0.2) is 0 Å². The molecule has 0 atom stereocenters. The van der Waals surface area contributed by atoms with E-state index in [1.54, 1.807) is 12.4 Å². The summed E-state index contributed by atoms with van der Waals surface area (Å²) in [6.07, 6.45) is 4.41. The molecule has 0 saturated heterocycles. The van der Waals surface area contributed by atoms with Crippen molar-refractivity contribution in [2.75, 3.05) is 11.9 Å². The summed E-state index contributed by atoms with van der Waals surface area (Å²) < 4.78 is 2.24. The molecule has 1 aromatic carbocycles.